The molecule has 2 aromatic heterocycles. The monoisotopic (exact) mass is 386 g/mol. The standard InChI is InChI=1S/C20H23FN4O3/c1-12-17(13(2)25(5)22-12)10-24(4)20(26)19-18(14(3)28-23-19)11-27-16-8-6-15(21)7-9-16/h6-9H,10-11H2,1-5H3. The minimum atomic E-state index is -0.341. The van der Waals surface area contributed by atoms with Gasteiger partial charge in [0.05, 0.1) is 11.3 Å². The number of rotatable bonds is 6. The van der Waals surface area contributed by atoms with E-state index in [9.17, 15) is 9.18 Å². The summed E-state index contributed by atoms with van der Waals surface area (Å²) in [6, 6.07) is 5.68. The fourth-order valence-corrected chi connectivity index (χ4v) is 2.95. The Morgan fingerprint density at radius 3 is 2.50 bits per heavy atom. The minimum absolute atomic E-state index is 0.0980. The fourth-order valence-electron chi connectivity index (χ4n) is 2.95. The molecule has 0 N–H and O–H groups in total. The summed E-state index contributed by atoms with van der Waals surface area (Å²) in [6.07, 6.45) is 0. The van der Waals surface area contributed by atoms with Crippen LogP contribution in [0.2, 0.25) is 0 Å². The van der Waals surface area contributed by atoms with Crippen LogP contribution in [0.1, 0.15) is 38.8 Å². The molecule has 148 valence electrons. The topological polar surface area (TPSA) is 73.4 Å². The molecule has 1 amide bonds. The second kappa shape index (κ2) is 7.84. The van der Waals surface area contributed by atoms with Gasteiger partial charge >= 0.3 is 0 Å². The predicted octanol–water partition coefficient (Wildman–Crippen LogP) is 3.32. The van der Waals surface area contributed by atoms with Gasteiger partial charge in [0.25, 0.3) is 5.91 Å². The van der Waals surface area contributed by atoms with Crippen LogP contribution in [0.5, 0.6) is 5.75 Å². The van der Waals surface area contributed by atoms with E-state index >= 15 is 0 Å². The first-order valence-electron chi connectivity index (χ1n) is 8.86. The molecule has 1 aromatic carbocycles. The maximum absolute atomic E-state index is 13.0. The van der Waals surface area contributed by atoms with Crippen LogP contribution in [0.15, 0.2) is 28.8 Å². The van der Waals surface area contributed by atoms with E-state index in [2.05, 4.69) is 10.3 Å². The zero-order chi connectivity index (χ0) is 20.4. The van der Waals surface area contributed by atoms with E-state index in [1.165, 1.54) is 24.3 Å². The SMILES string of the molecule is Cc1nn(C)c(C)c1CN(C)C(=O)c1noc(C)c1COc1ccc(F)cc1. The van der Waals surface area contributed by atoms with Crippen LogP contribution in [-0.2, 0) is 20.2 Å². The number of ether oxygens (including phenoxy) is 1. The molecule has 0 saturated heterocycles. The smallest absolute Gasteiger partial charge is 0.276 e. The third-order valence-corrected chi connectivity index (χ3v) is 4.78. The minimum Gasteiger partial charge on any atom is -0.489 e. The molecule has 7 nitrogen and oxygen atoms in total. The van der Waals surface area contributed by atoms with Gasteiger partial charge in [-0.2, -0.15) is 5.10 Å². The zero-order valence-electron chi connectivity index (χ0n) is 16.6. The van der Waals surface area contributed by atoms with Crippen molar-refractivity contribution in [1.29, 1.82) is 0 Å². The Kier molecular flexibility index (Phi) is 5.48. The Bertz CT molecular complexity index is 992. The highest BCUT2D eigenvalue weighted by molar-refractivity contribution is 5.93. The number of hydrogen-bond donors (Lipinski definition) is 0. The molecule has 0 aliphatic heterocycles. The van der Waals surface area contributed by atoms with Gasteiger partial charge in [0.2, 0.25) is 0 Å². The molecule has 28 heavy (non-hydrogen) atoms. The van der Waals surface area contributed by atoms with Gasteiger partial charge < -0.3 is 14.2 Å². The molecule has 0 saturated carbocycles. The maximum Gasteiger partial charge on any atom is 0.276 e. The van der Waals surface area contributed by atoms with E-state index in [-0.39, 0.29) is 24.0 Å². The van der Waals surface area contributed by atoms with E-state index in [4.69, 9.17) is 9.26 Å². The molecule has 0 atom stereocenters. The Hall–Kier alpha value is -3.16. The van der Waals surface area contributed by atoms with E-state index in [0.717, 1.165) is 17.0 Å². The molecule has 0 aliphatic rings. The summed E-state index contributed by atoms with van der Waals surface area (Å²) in [5.41, 5.74) is 3.67. The van der Waals surface area contributed by atoms with Crippen LogP contribution in [0.4, 0.5) is 4.39 Å². The van der Waals surface area contributed by atoms with Crippen LogP contribution >= 0.6 is 0 Å². The van der Waals surface area contributed by atoms with Gasteiger partial charge in [0.1, 0.15) is 23.9 Å². The summed E-state index contributed by atoms with van der Waals surface area (Å²) in [4.78, 5) is 14.5. The molecule has 3 aromatic rings. The Morgan fingerprint density at radius 2 is 1.89 bits per heavy atom. The number of nitrogens with zero attached hydrogens (tertiary/aromatic N) is 4. The van der Waals surface area contributed by atoms with Crippen LogP contribution in [0.3, 0.4) is 0 Å². The lowest BCUT2D eigenvalue weighted by molar-refractivity contribution is 0.0772. The van der Waals surface area contributed by atoms with Crippen LogP contribution < -0.4 is 4.74 Å². The molecule has 0 unspecified atom stereocenters. The average Bonchev–Trinajstić information content (AvgIpc) is 3.14. The summed E-state index contributed by atoms with van der Waals surface area (Å²) in [5, 5.41) is 8.31. The normalized spacial score (nSPS) is 10.9. The number of amides is 1. The molecular formula is C20H23FN4O3. The van der Waals surface area contributed by atoms with Crippen LogP contribution in [0, 0.1) is 26.6 Å². The zero-order valence-corrected chi connectivity index (χ0v) is 16.6. The van der Waals surface area contributed by atoms with Crippen molar-refractivity contribution in [2.24, 2.45) is 7.05 Å². The van der Waals surface area contributed by atoms with Crippen molar-refractivity contribution < 1.29 is 18.4 Å². The highest BCUT2D eigenvalue weighted by atomic mass is 19.1. The highest BCUT2D eigenvalue weighted by Crippen LogP contribution is 2.21. The fraction of sp³-hybridized carbons (Fsp3) is 0.350. The number of aryl methyl sites for hydroxylation is 3. The van der Waals surface area contributed by atoms with Gasteiger partial charge in [0, 0.05) is 31.9 Å². The summed E-state index contributed by atoms with van der Waals surface area (Å²) in [6.45, 7) is 6.12. The molecule has 0 spiro atoms. The van der Waals surface area contributed by atoms with E-state index in [0.29, 0.717) is 23.6 Å². The Labute approximate surface area is 162 Å². The molecule has 2 heterocycles. The van der Waals surface area contributed by atoms with Crippen molar-refractivity contribution in [2.45, 2.75) is 33.9 Å². The van der Waals surface area contributed by atoms with Crippen LogP contribution in [0.25, 0.3) is 0 Å². The maximum atomic E-state index is 13.0. The first-order valence-corrected chi connectivity index (χ1v) is 8.86. The van der Waals surface area contributed by atoms with E-state index in [1.807, 2.05) is 20.9 Å². The van der Waals surface area contributed by atoms with Gasteiger partial charge in [-0.25, -0.2) is 4.39 Å². The third-order valence-electron chi connectivity index (χ3n) is 4.78. The second-order valence-electron chi connectivity index (χ2n) is 6.74. The molecule has 0 fully saturated rings. The number of hydrogen-bond acceptors (Lipinski definition) is 5. The third kappa shape index (κ3) is 3.90. The molecule has 0 bridgehead atoms. The number of halogens is 1. The summed E-state index contributed by atoms with van der Waals surface area (Å²) in [7, 11) is 3.59. The summed E-state index contributed by atoms with van der Waals surface area (Å²) >= 11 is 0. The van der Waals surface area contributed by atoms with Crippen molar-refractivity contribution >= 4 is 5.91 Å². The summed E-state index contributed by atoms with van der Waals surface area (Å²) < 4.78 is 25.7. The van der Waals surface area contributed by atoms with Crippen molar-refractivity contribution in [2.75, 3.05) is 7.05 Å². The predicted molar refractivity (Wildman–Crippen MR) is 100 cm³/mol. The Morgan fingerprint density at radius 1 is 1.21 bits per heavy atom. The quantitative estimate of drug-likeness (QED) is 0.650. The van der Waals surface area contributed by atoms with Crippen molar-refractivity contribution in [3.05, 3.63) is 64.1 Å². The lowest BCUT2D eigenvalue weighted by atomic mass is 10.1. The van der Waals surface area contributed by atoms with Crippen molar-refractivity contribution in [3.63, 3.8) is 0 Å². The van der Waals surface area contributed by atoms with E-state index in [1.54, 1.807) is 23.6 Å². The molecule has 0 aliphatic carbocycles. The second-order valence-corrected chi connectivity index (χ2v) is 6.74. The highest BCUT2D eigenvalue weighted by Gasteiger charge is 2.24. The first-order chi connectivity index (χ1) is 13.3. The van der Waals surface area contributed by atoms with E-state index < -0.39 is 0 Å². The lowest BCUT2D eigenvalue weighted by Crippen LogP contribution is -2.28. The lowest BCUT2D eigenvalue weighted by Gasteiger charge is -2.17. The molecule has 3 rings (SSSR count). The molecule has 8 heteroatoms. The number of carbonyl (C=O) groups is 1. The molecule has 0 radical (unpaired) electrons. The summed E-state index contributed by atoms with van der Waals surface area (Å²) in [5.74, 6) is 0.396. The van der Waals surface area contributed by atoms with Gasteiger partial charge in [0.15, 0.2) is 5.69 Å². The van der Waals surface area contributed by atoms with Gasteiger partial charge in [-0.1, -0.05) is 5.16 Å². The average molecular weight is 386 g/mol. The Balaban J connectivity index is 1.75. The van der Waals surface area contributed by atoms with Gasteiger partial charge in [-0.05, 0) is 45.0 Å². The number of aromatic nitrogens is 3. The molecular weight excluding hydrogens is 363 g/mol. The van der Waals surface area contributed by atoms with Crippen molar-refractivity contribution in [3.8, 4) is 5.75 Å². The van der Waals surface area contributed by atoms with Gasteiger partial charge in [-0.3, -0.25) is 9.48 Å². The largest absolute Gasteiger partial charge is 0.489 e. The first kappa shape index (κ1) is 19.6. The van der Waals surface area contributed by atoms with Crippen molar-refractivity contribution in [1.82, 2.24) is 19.8 Å². The van der Waals surface area contributed by atoms with Crippen LogP contribution in [-0.4, -0.2) is 32.8 Å². The number of benzene rings is 1. The van der Waals surface area contributed by atoms with Gasteiger partial charge in [-0.15, -0.1) is 0 Å². The number of carbonyl (C=O) groups excluding carboxylic acids is 1.